The number of carboxylic acid groups (broad SMARTS) is 1. The first kappa shape index (κ1) is 21.0. The van der Waals surface area contributed by atoms with Crippen molar-refractivity contribution in [3.63, 3.8) is 0 Å². The molecule has 28 heavy (non-hydrogen) atoms. The fraction of sp³-hybridized carbons (Fsp3) is 0.250. The van der Waals surface area contributed by atoms with Crippen LogP contribution in [0.5, 0.6) is 5.75 Å². The lowest BCUT2D eigenvalue weighted by Gasteiger charge is -2.21. The number of carbonyl (C=O) groups is 3. The lowest BCUT2D eigenvalue weighted by Crippen LogP contribution is -2.35. The molecule has 0 radical (unpaired) electrons. The van der Waals surface area contributed by atoms with Crippen LogP contribution in [0.1, 0.15) is 28.8 Å². The van der Waals surface area contributed by atoms with E-state index in [1.807, 2.05) is 0 Å². The normalized spacial score (nSPS) is 10.4. The standard InChI is InChI=1S/C20H19F2NO5/c1-28-18-8-4-14(10-16(18)22)17(24)7-9-19(25)23(12-20(26)27)11-13-2-5-15(21)6-3-13/h2-6,8,10H,7,9,11-12H2,1H3,(H,26,27). The summed E-state index contributed by atoms with van der Waals surface area (Å²) >= 11 is 0. The van der Waals surface area contributed by atoms with Gasteiger partial charge in [0, 0.05) is 24.9 Å². The van der Waals surface area contributed by atoms with E-state index >= 15 is 0 Å². The second-order valence-corrected chi connectivity index (χ2v) is 6.04. The number of methoxy groups -OCH3 is 1. The Hall–Kier alpha value is -3.29. The molecule has 2 rings (SSSR count). The molecule has 1 amide bonds. The topological polar surface area (TPSA) is 83.9 Å². The summed E-state index contributed by atoms with van der Waals surface area (Å²) in [5.41, 5.74) is 0.647. The van der Waals surface area contributed by atoms with Gasteiger partial charge >= 0.3 is 5.97 Å². The summed E-state index contributed by atoms with van der Waals surface area (Å²) in [5, 5.41) is 9.02. The fourth-order valence-electron chi connectivity index (χ4n) is 2.57. The number of hydrogen-bond acceptors (Lipinski definition) is 4. The van der Waals surface area contributed by atoms with Crippen LogP contribution < -0.4 is 4.74 Å². The van der Waals surface area contributed by atoms with Gasteiger partial charge < -0.3 is 14.7 Å². The SMILES string of the molecule is COc1ccc(C(=O)CCC(=O)N(CC(=O)O)Cc2ccc(F)cc2)cc1F. The van der Waals surface area contributed by atoms with Gasteiger partial charge in [-0.15, -0.1) is 0 Å². The van der Waals surface area contributed by atoms with Crippen LogP contribution in [-0.2, 0) is 16.1 Å². The molecule has 0 aliphatic heterocycles. The first-order valence-corrected chi connectivity index (χ1v) is 8.41. The van der Waals surface area contributed by atoms with Crippen molar-refractivity contribution < 1.29 is 33.0 Å². The smallest absolute Gasteiger partial charge is 0.323 e. The van der Waals surface area contributed by atoms with Crippen molar-refractivity contribution in [1.29, 1.82) is 0 Å². The number of Topliss-reactive ketones (excluding diaryl/α,β-unsaturated/α-hetero) is 1. The molecule has 0 fully saturated rings. The van der Waals surface area contributed by atoms with Gasteiger partial charge in [0.05, 0.1) is 7.11 Å². The number of nitrogens with zero attached hydrogens (tertiary/aromatic N) is 1. The van der Waals surface area contributed by atoms with Crippen LogP contribution in [0.3, 0.4) is 0 Å². The predicted molar refractivity (Wildman–Crippen MR) is 96.0 cm³/mol. The fourth-order valence-corrected chi connectivity index (χ4v) is 2.57. The van der Waals surface area contributed by atoms with E-state index in [0.717, 1.165) is 11.0 Å². The average molecular weight is 391 g/mol. The third-order valence-corrected chi connectivity index (χ3v) is 4.01. The van der Waals surface area contributed by atoms with Crippen molar-refractivity contribution in [2.75, 3.05) is 13.7 Å². The Morgan fingerprint density at radius 1 is 1.04 bits per heavy atom. The number of aliphatic carboxylic acids is 1. The van der Waals surface area contributed by atoms with Crippen molar-refractivity contribution >= 4 is 17.7 Å². The molecule has 6 nitrogen and oxygen atoms in total. The van der Waals surface area contributed by atoms with E-state index < -0.39 is 35.8 Å². The van der Waals surface area contributed by atoms with E-state index in [1.54, 1.807) is 0 Å². The molecule has 0 heterocycles. The molecular weight excluding hydrogens is 372 g/mol. The zero-order valence-electron chi connectivity index (χ0n) is 15.2. The van der Waals surface area contributed by atoms with Crippen molar-refractivity contribution in [3.05, 3.63) is 65.2 Å². The zero-order valence-corrected chi connectivity index (χ0v) is 15.2. The summed E-state index contributed by atoms with van der Waals surface area (Å²) in [6.45, 7) is -0.585. The van der Waals surface area contributed by atoms with Crippen molar-refractivity contribution in [1.82, 2.24) is 4.90 Å². The van der Waals surface area contributed by atoms with Crippen LogP contribution in [0.4, 0.5) is 8.78 Å². The monoisotopic (exact) mass is 391 g/mol. The Bertz CT molecular complexity index is 867. The lowest BCUT2D eigenvalue weighted by atomic mass is 10.1. The van der Waals surface area contributed by atoms with E-state index in [-0.39, 0.29) is 30.7 Å². The number of halogens is 2. The summed E-state index contributed by atoms with van der Waals surface area (Å²) in [4.78, 5) is 36.7. The number of rotatable bonds is 9. The highest BCUT2D eigenvalue weighted by molar-refractivity contribution is 5.98. The van der Waals surface area contributed by atoms with Gasteiger partial charge in [-0.25, -0.2) is 8.78 Å². The zero-order chi connectivity index (χ0) is 20.7. The molecule has 1 N–H and O–H groups in total. The quantitative estimate of drug-likeness (QED) is 0.665. The number of benzene rings is 2. The maximum Gasteiger partial charge on any atom is 0.323 e. The minimum absolute atomic E-state index is 0.000410. The van der Waals surface area contributed by atoms with Crippen LogP contribution >= 0.6 is 0 Å². The van der Waals surface area contributed by atoms with E-state index in [4.69, 9.17) is 9.84 Å². The van der Waals surface area contributed by atoms with Crippen molar-refractivity contribution in [2.24, 2.45) is 0 Å². The number of carbonyl (C=O) groups excluding carboxylic acids is 2. The van der Waals surface area contributed by atoms with Gasteiger partial charge in [0.2, 0.25) is 5.91 Å². The van der Waals surface area contributed by atoms with E-state index in [2.05, 4.69) is 0 Å². The van der Waals surface area contributed by atoms with Gasteiger partial charge in [0.15, 0.2) is 17.3 Å². The molecule has 0 atom stereocenters. The first-order chi connectivity index (χ1) is 13.3. The minimum Gasteiger partial charge on any atom is -0.494 e. The molecule has 8 heteroatoms. The molecule has 0 aromatic heterocycles. The van der Waals surface area contributed by atoms with Crippen molar-refractivity contribution in [3.8, 4) is 5.75 Å². The summed E-state index contributed by atoms with van der Waals surface area (Å²) in [6.07, 6.45) is -0.439. The van der Waals surface area contributed by atoms with E-state index in [0.29, 0.717) is 5.56 Å². The van der Waals surface area contributed by atoms with Gasteiger partial charge in [-0.1, -0.05) is 12.1 Å². The van der Waals surface area contributed by atoms with Crippen LogP contribution in [0.2, 0.25) is 0 Å². The highest BCUT2D eigenvalue weighted by Crippen LogP contribution is 2.19. The molecular formula is C20H19F2NO5. The maximum atomic E-state index is 13.7. The second kappa shape index (κ2) is 9.59. The highest BCUT2D eigenvalue weighted by Gasteiger charge is 2.19. The first-order valence-electron chi connectivity index (χ1n) is 8.41. The Morgan fingerprint density at radius 2 is 1.71 bits per heavy atom. The molecule has 2 aromatic rings. The summed E-state index contributed by atoms with van der Waals surface area (Å²) < 4.78 is 31.5. The molecule has 0 spiro atoms. The number of carboxylic acids is 1. The largest absolute Gasteiger partial charge is 0.494 e. The molecule has 2 aromatic carbocycles. The van der Waals surface area contributed by atoms with E-state index in [1.165, 1.54) is 43.5 Å². The van der Waals surface area contributed by atoms with Crippen LogP contribution in [-0.4, -0.2) is 41.3 Å². The van der Waals surface area contributed by atoms with Gasteiger partial charge in [-0.3, -0.25) is 14.4 Å². The van der Waals surface area contributed by atoms with E-state index in [9.17, 15) is 23.2 Å². The number of ketones is 1. The summed E-state index contributed by atoms with van der Waals surface area (Å²) in [6, 6.07) is 9.05. The summed E-state index contributed by atoms with van der Waals surface area (Å²) in [7, 11) is 1.30. The highest BCUT2D eigenvalue weighted by atomic mass is 19.1. The molecule has 0 aliphatic carbocycles. The predicted octanol–water partition coefficient (Wildman–Crippen LogP) is 3.05. The molecule has 148 valence electrons. The summed E-state index contributed by atoms with van der Waals surface area (Å²) in [5.74, 6) is -3.35. The average Bonchev–Trinajstić information content (AvgIpc) is 2.66. The molecule has 0 aliphatic rings. The maximum absolute atomic E-state index is 13.7. The molecule has 0 bridgehead atoms. The van der Waals surface area contributed by atoms with Gasteiger partial charge in [-0.05, 0) is 35.9 Å². The van der Waals surface area contributed by atoms with Crippen LogP contribution in [0.25, 0.3) is 0 Å². The minimum atomic E-state index is -1.21. The number of amides is 1. The Kier molecular flexibility index (Phi) is 7.20. The lowest BCUT2D eigenvalue weighted by molar-refractivity contribution is -0.144. The van der Waals surface area contributed by atoms with Gasteiger partial charge in [0.25, 0.3) is 0 Å². The van der Waals surface area contributed by atoms with Crippen LogP contribution in [0.15, 0.2) is 42.5 Å². The van der Waals surface area contributed by atoms with Gasteiger partial charge in [-0.2, -0.15) is 0 Å². The van der Waals surface area contributed by atoms with Crippen molar-refractivity contribution in [2.45, 2.75) is 19.4 Å². The molecule has 0 saturated heterocycles. The van der Waals surface area contributed by atoms with Crippen LogP contribution in [0, 0.1) is 11.6 Å². The Labute approximate surface area is 160 Å². The molecule has 0 unspecified atom stereocenters. The third-order valence-electron chi connectivity index (χ3n) is 4.01. The number of ether oxygens (including phenoxy) is 1. The van der Waals surface area contributed by atoms with Gasteiger partial charge in [0.1, 0.15) is 12.4 Å². The molecule has 0 saturated carbocycles. The Morgan fingerprint density at radius 3 is 2.29 bits per heavy atom. The Balaban J connectivity index is 2.02. The third kappa shape index (κ3) is 5.87. The second-order valence-electron chi connectivity index (χ2n) is 6.04. The number of hydrogen-bond donors (Lipinski definition) is 1.